The molecular formula is C10H11ClF3NO2. The van der Waals surface area contributed by atoms with Gasteiger partial charge in [-0.3, -0.25) is 0 Å². The van der Waals surface area contributed by atoms with E-state index >= 15 is 0 Å². The normalized spacial score (nSPS) is 12.6. The Balaban J connectivity index is 2.68. The quantitative estimate of drug-likeness (QED) is 0.780. The molecule has 7 heteroatoms. The lowest BCUT2D eigenvalue weighted by atomic mass is 10.2. The Kier molecular flexibility index (Phi) is 5.37. The first-order valence-electron chi connectivity index (χ1n) is 4.74. The van der Waals surface area contributed by atoms with Crippen LogP contribution in [0.4, 0.5) is 18.9 Å². The second kappa shape index (κ2) is 6.56. The van der Waals surface area contributed by atoms with Crippen LogP contribution in [-0.4, -0.2) is 30.2 Å². The molecule has 0 aromatic heterocycles. The van der Waals surface area contributed by atoms with E-state index in [2.05, 4.69) is 10.1 Å². The molecule has 1 aromatic carbocycles. The van der Waals surface area contributed by atoms with E-state index in [1.54, 1.807) is 0 Å². The lowest BCUT2D eigenvalue weighted by molar-refractivity contribution is -0.0499. The lowest BCUT2D eigenvalue weighted by Crippen LogP contribution is -2.20. The first-order valence-corrected chi connectivity index (χ1v) is 5.28. The van der Waals surface area contributed by atoms with Gasteiger partial charge in [-0.15, -0.1) is 11.6 Å². The number of hydrogen-bond acceptors (Lipinski definition) is 3. The fraction of sp³-hybridized carbons (Fsp3) is 0.400. The predicted molar refractivity (Wildman–Crippen MR) is 58.2 cm³/mol. The average Bonchev–Trinajstić information content (AvgIpc) is 2.24. The number of halogens is 4. The molecule has 1 rings (SSSR count). The summed E-state index contributed by atoms with van der Waals surface area (Å²) in [6.45, 7) is -2.93. The highest BCUT2D eigenvalue weighted by atomic mass is 35.5. The Bertz CT molecular complexity index is 365. The molecule has 17 heavy (non-hydrogen) atoms. The summed E-state index contributed by atoms with van der Waals surface area (Å²) in [6, 6.07) is 3.14. The van der Waals surface area contributed by atoms with Crippen LogP contribution in [0.5, 0.6) is 5.75 Å². The summed E-state index contributed by atoms with van der Waals surface area (Å²) in [7, 11) is 0. The number of nitrogens with one attached hydrogen (secondary N) is 1. The molecule has 0 radical (unpaired) electrons. The molecule has 96 valence electrons. The Labute approximate surface area is 101 Å². The smallest absolute Gasteiger partial charge is 0.387 e. The third kappa shape index (κ3) is 5.14. The zero-order valence-electron chi connectivity index (χ0n) is 8.67. The summed E-state index contributed by atoms with van der Waals surface area (Å²) in [6.07, 6.45) is -0.806. The molecule has 0 bridgehead atoms. The molecule has 2 N–H and O–H groups in total. The van der Waals surface area contributed by atoms with E-state index in [1.807, 2.05) is 0 Å². The fourth-order valence-corrected chi connectivity index (χ4v) is 1.24. The molecule has 0 amide bonds. The van der Waals surface area contributed by atoms with E-state index < -0.39 is 18.5 Å². The maximum absolute atomic E-state index is 13.0. The molecule has 0 saturated heterocycles. The zero-order valence-corrected chi connectivity index (χ0v) is 9.42. The van der Waals surface area contributed by atoms with Crippen LogP contribution in [0.15, 0.2) is 18.2 Å². The van der Waals surface area contributed by atoms with E-state index in [-0.39, 0.29) is 23.9 Å². The van der Waals surface area contributed by atoms with Crippen molar-refractivity contribution in [1.82, 2.24) is 0 Å². The number of anilines is 1. The van der Waals surface area contributed by atoms with Gasteiger partial charge in [-0.05, 0) is 6.07 Å². The van der Waals surface area contributed by atoms with Crippen molar-refractivity contribution in [3.05, 3.63) is 24.0 Å². The molecular weight excluding hydrogens is 259 g/mol. The maximum Gasteiger partial charge on any atom is 0.387 e. The summed E-state index contributed by atoms with van der Waals surface area (Å²) in [4.78, 5) is 0. The number of aliphatic hydroxyl groups is 1. The maximum atomic E-state index is 13.0. The van der Waals surface area contributed by atoms with Crippen LogP contribution in [-0.2, 0) is 0 Å². The van der Waals surface area contributed by atoms with E-state index in [4.69, 9.17) is 16.7 Å². The van der Waals surface area contributed by atoms with Crippen molar-refractivity contribution in [3.8, 4) is 5.75 Å². The van der Waals surface area contributed by atoms with Crippen molar-refractivity contribution in [2.75, 3.05) is 17.7 Å². The van der Waals surface area contributed by atoms with Gasteiger partial charge in [0.1, 0.15) is 11.6 Å². The second-order valence-electron chi connectivity index (χ2n) is 3.24. The minimum absolute atomic E-state index is 0.0166. The summed E-state index contributed by atoms with van der Waals surface area (Å²) in [5.74, 6) is -0.989. The van der Waals surface area contributed by atoms with Gasteiger partial charge in [0.05, 0.1) is 12.0 Å². The summed E-state index contributed by atoms with van der Waals surface area (Å²) >= 11 is 5.36. The standard InChI is InChI=1S/C10H11ClF3NO2/c11-4-8(16)5-15-7-1-6(12)2-9(3-7)17-10(13)14/h1-3,8,10,15-16H,4-5H2. The Morgan fingerprint density at radius 2 is 2.06 bits per heavy atom. The van der Waals surface area contributed by atoms with Crippen molar-refractivity contribution in [2.45, 2.75) is 12.7 Å². The number of rotatable bonds is 6. The summed E-state index contributed by atoms with van der Waals surface area (Å²) < 4.78 is 41.0. The summed E-state index contributed by atoms with van der Waals surface area (Å²) in [5.41, 5.74) is 0.227. The van der Waals surface area contributed by atoms with Gasteiger partial charge in [-0.1, -0.05) is 0 Å². The highest BCUT2D eigenvalue weighted by Gasteiger charge is 2.08. The number of alkyl halides is 3. The Hall–Kier alpha value is -1.14. The van der Waals surface area contributed by atoms with Crippen molar-refractivity contribution in [3.63, 3.8) is 0 Å². The third-order valence-electron chi connectivity index (χ3n) is 1.82. The van der Waals surface area contributed by atoms with Crippen LogP contribution >= 0.6 is 11.6 Å². The van der Waals surface area contributed by atoms with Crippen LogP contribution < -0.4 is 10.1 Å². The predicted octanol–water partition coefficient (Wildman–Crippen LogP) is 2.44. The molecule has 0 aliphatic carbocycles. The first-order chi connectivity index (χ1) is 8.01. The monoisotopic (exact) mass is 269 g/mol. The van der Waals surface area contributed by atoms with Crippen LogP contribution in [0.1, 0.15) is 0 Å². The van der Waals surface area contributed by atoms with Gasteiger partial charge in [0.15, 0.2) is 0 Å². The minimum Gasteiger partial charge on any atom is -0.435 e. The number of hydrogen-bond donors (Lipinski definition) is 2. The van der Waals surface area contributed by atoms with Crippen LogP contribution in [0.2, 0.25) is 0 Å². The lowest BCUT2D eigenvalue weighted by Gasteiger charge is -2.11. The fourth-order valence-electron chi connectivity index (χ4n) is 1.13. The van der Waals surface area contributed by atoms with E-state index in [0.717, 1.165) is 12.1 Å². The molecule has 0 spiro atoms. The topological polar surface area (TPSA) is 41.5 Å². The van der Waals surface area contributed by atoms with E-state index in [0.29, 0.717) is 0 Å². The number of aliphatic hydroxyl groups excluding tert-OH is 1. The van der Waals surface area contributed by atoms with Gasteiger partial charge in [-0.25, -0.2) is 4.39 Å². The molecule has 0 heterocycles. The molecule has 0 saturated carbocycles. The van der Waals surface area contributed by atoms with E-state index in [1.165, 1.54) is 6.07 Å². The SMILES string of the molecule is OC(CCl)CNc1cc(F)cc(OC(F)F)c1. The minimum atomic E-state index is -3.02. The highest BCUT2D eigenvalue weighted by molar-refractivity contribution is 6.18. The van der Waals surface area contributed by atoms with Gasteiger partial charge in [0.25, 0.3) is 0 Å². The highest BCUT2D eigenvalue weighted by Crippen LogP contribution is 2.21. The van der Waals surface area contributed by atoms with Crippen molar-refractivity contribution < 1.29 is 23.0 Å². The van der Waals surface area contributed by atoms with E-state index in [9.17, 15) is 13.2 Å². The molecule has 0 aliphatic rings. The third-order valence-corrected chi connectivity index (χ3v) is 2.17. The van der Waals surface area contributed by atoms with Crippen molar-refractivity contribution in [1.29, 1.82) is 0 Å². The van der Waals surface area contributed by atoms with Gasteiger partial charge < -0.3 is 15.2 Å². The van der Waals surface area contributed by atoms with Crippen LogP contribution in [0.25, 0.3) is 0 Å². The van der Waals surface area contributed by atoms with Gasteiger partial charge >= 0.3 is 6.61 Å². The largest absolute Gasteiger partial charge is 0.435 e. The Morgan fingerprint density at radius 3 is 2.65 bits per heavy atom. The Morgan fingerprint density at radius 1 is 1.35 bits per heavy atom. The average molecular weight is 270 g/mol. The second-order valence-corrected chi connectivity index (χ2v) is 3.55. The van der Waals surface area contributed by atoms with Crippen molar-refractivity contribution >= 4 is 17.3 Å². The molecule has 1 atom stereocenters. The zero-order chi connectivity index (χ0) is 12.8. The van der Waals surface area contributed by atoms with Crippen LogP contribution in [0.3, 0.4) is 0 Å². The number of benzene rings is 1. The van der Waals surface area contributed by atoms with Crippen LogP contribution in [0, 0.1) is 5.82 Å². The molecule has 1 aromatic rings. The summed E-state index contributed by atoms with van der Waals surface area (Å²) in [5, 5.41) is 11.8. The molecule has 0 aliphatic heterocycles. The van der Waals surface area contributed by atoms with Gasteiger partial charge in [-0.2, -0.15) is 8.78 Å². The van der Waals surface area contributed by atoms with Gasteiger partial charge in [0, 0.05) is 24.4 Å². The number of ether oxygens (including phenoxy) is 1. The first kappa shape index (κ1) is 13.9. The van der Waals surface area contributed by atoms with Crippen molar-refractivity contribution in [2.24, 2.45) is 0 Å². The molecule has 3 nitrogen and oxygen atoms in total. The van der Waals surface area contributed by atoms with Gasteiger partial charge in [0.2, 0.25) is 0 Å². The molecule has 1 unspecified atom stereocenters. The molecule has 0 fully saturated rings.